The molecule has 1 aliphatic rings. The van der Waals surface area contributed by atoms with Crippen molar-refractivity contribution in [3.05, 3.63) is 0 Å². The van der Waals surface area contributed by atoms with Crippen LogP contribution in [0.4, 0.5) is 0 Å². The van der Waals surface area contributed by atoms with Crippen LogP contribution in [0.15, 0.2) is 0 Å². The Kier molecular flexibility index (Phi) is 4.43. The third-order valence-electron chi connectivity index (χ3n) is 3.67. The molecule has 0 unspecified atom stereocenters. The summed E-state index contributed by atoms with van der Waals surface area (Å²) in [7, 11) is -3.48. The normalized spacial score (nSPS) is 20.6. The summed E-state index contributed by atoms with van der Waals surface area (Å²) in [6, 6.07) is 0. The van der Waals surface area contributed by atoms with E-state index >= 15 is 0 Å². The molecule has 5 nitrogen and oxygen atoms in total. The Morgan fingerprint density at radius 2 is 1.72 bits per heavy atom. The fourth-order valence-corrected chi connectivity index (χ4v) is 3.04. The van der Waals surface area contributed by atoms with Gasteiger partial charge >= 0.3 is 5.97 Å². The van der Waals surface area contributed by atoms with Gasteiger partial charge in [0.1, 0.15) is 0 Å². The molecule has 1 fully saturated rings. The largest absolute Gasteiger partial charge is 0.481 e. The Morgan fingerprint density at radius 3 is 2.11 bits per heavy atom. The maximum Gasteiger partial charge on any atom is 0.310 e. The number of hydrogen-bond acceptors (Lipinski definition) is 3. The lowest BCUT2D eigenvalue weighted by Gasteiger charge is -2.34. The highest BCUT2D eigenvalue weighted by Gasteiger charge is 2.41. The van der Waals surface area contributed by atoms with Crippen LogP contribution in [0.25, 0.3) is 0 Å². The second-order valence-corrected chi connectivity index (χ2v) is 8.60. The highest BCUT2D eigenvalue weighted by Crippen LogP contribution is 2.36. The van der Waals surface area contributed by atoms with E-state index in [1.165, 1.54) is 0 Å². The van der Waals surface area contributed by atoms with Crippen molar-refractivity contribution in [1.29, 1.82) is 0 Å². The number of carbonyl (C=O) groups is 1. The minimum absolute atomic E-state index is 0.00192. The molecule has 0 spiro atoms. The van der Waals surface area contributed by atoms with Crippen LogP contribution in [0.3, 0.4) is 0 Å². The Labute approximate surface area is 109 Å². The summed E-state index contributed by atoms with van der Waals surface area (Å²) in [6.07, 6.45) is 3.83. The van der Waals surface area contributed by atoms with Crippen molar-refractivity contribution >= 4 is 16.0 Å². The van der Waals surface area contributed by atoms with Gasteiger partial charge in [0.25, 0.3) is 0 Å². The average Bonchev–Trinajstić information content (AvgIpc) is 2.26. The minimum atomic E-state index is -3.48. The van der Waals surface area contributed by atoms with E-state index in [1.807, 2.05) is 0 Å². The van der Waals surface area contributed by atoms with E-state index in [0.29, 0.717) is 12.8 Å². The number of carboxylic acid groups (broad SMARTS) is 1. The fraction of sp³-hybridized carbons (Fsp3) is 0.917. The average molecular weight is 277 g/mol. The molecule has 0 heterocycles. The zero-order valence-corrected chi connectivity index (χ0v) is 12.1. The van der Waals surface area contributed by atoms with E-state index in [4.69, 9.17) is 0 Å². The smallest absolute Gasteiger partial charge is 0.310 e. The summed E-state index contributed by atoms with van der Waals surface area (Å²) in [6.45, 7) is 4.80. The second kappa shape index (κ2) is 5.17. The molecule has 0 aliphatic heterocycles. The second-order valence-electron chi connectivity index (χ2n) is 6.08. The molecule has 0 aromatic carbocycles. The molecule has 0 aromatic heterocycles. The molecule has 6 heteroatoms. The first kappa shape index (κ1) is 15.4. The molecule has 18 heavy (non-hydrogen) atoms. The molecular weight excluding hydrogens is 254 g/mol. The van der Waals surface area contributed by atoms with E-state index in [9.17, 15) is 18.3 Å². The molecule has 0 amide bonds. The molecule has 0 aromatic rings. The van der Waals surface area contributed by atoms with Crippen LogP contribution in [0, 0.1) is 5.41 Å². The van der Waals surface area contributed by atoms with Gasteiger partial charge in [0.2, 0.25) is 10.0 Å². The van der Waals surface area contributed by atoms with Crippen LogP contribution in [0.2, 0.25) is 0 Å². The predicted octanol–water partition coefficient (Wildman–Crippen LogP) is 1.74. The van der Waals surface area contributed by atoms with Crippen molar-refractivity contribution in [1.82, 2.24) is 4.72 Å². The summed E-state index contributed by atoms with van der Waals surface area (Å²) >= 11 is 0. The summed E-state index contributed by atoms with van der Waals surface area (Å²) < 4.78 is 25.5. The van der Waals surface area contributed by atoms with Crippen LogP contribution in [0.1, 0.15) is 52.9 Å². The van der Waals surface area contributed by atoms with Crippen LogP contribution in [0.5, 0.6) is 0 Å². The van der Waals surface area contributed by atoms with Gasteiger partial charge < -0.3 is 5.11 Å². The maximum atomic E-state index is 12.0. The topological polar surface area (TPSA) is 83.5 Å². The Balaban J connectivity index is 2.79. The first-order valence-electron chi connectivity index (χ1n) is 6.33. The van der Waals surface area contributed by atoms with Crippen LogP contribution in [-0.2, 0) is 14.8 Å². The quantitative estimate of drug-likeness (QED) is 0.820. The van der Waals surface area contributed by atoms with Crippen molar-refractivity contribution < 1.29 is 18.3 Å². The minimum Gasteiger partial charge on any atom is -0.481 e. The lowest BCUT2D eigenvalue weighted by atomic mass is 9.74. The number of rotatable bonds is 4. The summed E-state index contributed by atoms with van der Waals surface area (Å²) in [5.74, 6) is -0.890. The standard InChI is InChI=1S/C12H23NO4S/c1-11(2,3)18(16,17)13-9-12(10(14)15)7-5-4-6-8-12/h13H,4-9H2,1-3H3,(H,14,15). The molecule has 1 saturated carbocycles. The van der Waals surface area contributed by atoms with Crippen molar-refractivity contribution in [2.45, 2.75) is 57.6 Å². The molecule has 0 saturated heterocycles. The van der Waals surface area contributed by atoms with E-state index in [1.54, 1.807) is 20.8 Å². The Bertz CT molecular complexity index is 402. The molecule has 106 valence electrons. The van der Waals surface area contributed by atoms with Gasteiger partial charge in [-0.1, -0.05) is 19.3 Å². The molecule has 0 bridgehead atoms. The highest BCUT2D eigenvalue weighted by atomic mass is 32.2. The number of carboxylic acids is 1. The van der Waals surface area contributed by atoms with E-state index < -0.39 is 26.2 Å². The molecule has 0 atom stereocenters. The monoisotopic (exact) mass is 277 g/mol. The van der Waals surface area contributed by atoms with Gasteiger partial charge in [0, 0.05) is 6.54 Å². The Morgan fingerprint density at radius 1 is 1.22 bits per heavy atom. The number of hydrogen-bond donors (Lipinski definition) is 2. The van der Waals surface area contributed by atoms with Crippen molar-refractivity contribution in [3.63, 3.8) is 0 Å². The van der Waals surface area contributed by atoms with E-state index in [-0.39, 0.29) is 6.54 Å². The lowest BCUT2D eigenvalue weighted by Crippen LogP contribution is -2.48. The number of aliphatic carboxylic acids is 1. The molecule has 0 radical (unpaired) electrons. The van der Waals surface area contributed by atoms with E-state index in [2.05, 4.69) is 4.72 Å². The van der Waals surface area contributed by atoms with Crippen LogP contribution < -0.4 is 4.72 Å². The summed E-state index contributed by atoms with van der Waals surface area (Å²) in [5, 5.41) is 9.35. The lowest BCUT2D eigenvalue weighted by molar-refractivity contribution is -0.150. The summed E-state index contributed by atoms with van der Waals surface area (Å²) in [4.78, 5) is 11.4. The van der Waals surface area contributed by atoms with Gasteiger partial charge in [-0.2, -0.15) is 0 Å². The van der Waals surface area contributed by atoms with Gasteiger partial charge in [-0.3, -0.25) is 4.79 Å². The zero-order chi connectivity index (χ0) is 14.0. The van der Waals surface area contributed by atoms with Crippen molar-refractivity contribution in [2.75, 3.05) is 6.54 Å². The van der Waals surface area contributed by atoms with Gasteiger partial charge in [0.05, 0.1) is 10.2 Å². The van der Waals surface area contributed by atoms with Crippen molar-refractivity contribution in [3.8, 4) is 0 Å². The number of nitrogens with one attached hydrogen (secondary N) is 1. The van der Waals surface area contributed by atoms with Crippen molar-refractivity contribution in [2.24, 2.45) is 5.41 Å². The van der Waals surface area contributed by atoms with Crippen LogP contribution >= 0.6 is 0 Å². The first-order valence-corrected chi connectivity index (χ1v) is 7.82. The predicted molar refractivity (Wildman–Crippen MR) is 69.8 cm³/mol. The third-order valence-corrected chi connectivity index (χ3v) is 5.81. The van der Waals surface area contributed by atoms with Crippen LogP contribution in [-0.4, -0.2) is 30.8 Å². The van der Waals surface area contributed by atoms with Gasteiger partial charge in [-0.05, 0) is 33.6 Å². The maximum absolute atomic E-state index is 12.0. The van der Waals surface area contributed by atoms with Gasteiger partial charge in [-0.15, -0.1) is 0 Å². The SMILES string of the molecule is CC(C)(C)S(=O)(=O)NCC1(C(=O)O)CCCCC1. The zero-order valence-electron chi connectivity index (χ0n) is 11.3. The number of sulfonamides is 1. The Hall–Kier alpha value is -0.620. The molecular formula is C12H23NO4S. The van der Waals surface area contributed by atoms with Gasteiger partial charge in [0.15, 0.2) is 0 Å². The first-order chi connectivity index (χ1) is 8.11. The molecule has 1 rings (SSSR count). The molecule has 2 N–H and O–H groups in total. The molecule has 1 aliphatic carbocycles. The van der Waals surface area contributed by atoms with Gasteiger partial charge in [-0.25, -0.2) is 13.1 Å². The fourth-order valence-electron chi connectivity index (χ4n) is 2.14. The summed E-state index contributed by atoms with van der Waals surface area (Å²) in [5.41, 5.74) is -0.920. The van der Waals surface area contributed by atoms with E-state index in [0.717, 1.165) is 19.3 Å². The highest BCUT2D eigenvalue weighted by molar-refractivity contribution is 7.90. The third kappa shape index (κ3) is 3.23.